The van der Waals surface area contributed by atoms with Crippen LogP contribution in [0.1, 0.15) is 27.8 Å². The van der Waals surface area contributed by atoms with Gasteiger partial charge in [-0.25, -0.2) is 13.1 Å². The molecule has 1 aromatic heterocycles. The zero-order chi connectivity index (χ0) is 23.0. The van der Waals surface area contributed by atoms with Gasteiger partial charge in [0.1, 0.15) is 0 Å². The first-order valence-corrected chi connectivity index (χ1v) is 12.4. The van der Waals surface area contributed by atoms with E-state index in [9.17, 15) is 8.42 Å². The van der Waals surface area contributed by atoms with E-state index in [0.29, 0.717) is 17.9 Å². The first-order chi connectivity index (χ1) is 15.2. The van der Waals surface area contributed by atoms with Crippen molar-refractivity contribution in [2.24, 2.45) is 7.05 Å². The van der Waals surface area contributed by atoms with Crippen LogP contribution in [-0.2, 0) is 23.5 Å². The largest absolute Gasteiger partial charge is 0.350 e. The molecule has 0 aliphatic rings. The van der Waals surface area contributed by atoms with Gasteiger partial charge in [-0.3, -0.25) is 0 Å². The lowest BCUT2D eigenvalue weighted by Crippen LogP contribution is -2.25. The molecule has 0 spiro atoms. The minimum absolute atomic E-state index is 0.300. The highest BCUT2D eigenvalue weighted by Crippen LogP contribution is 2.32. The Hall–Kier alpha value is -2.89. The van der Waals surface area contributed by atoms with Gasteiger partial charge < -0.3 is 4.57 Å². The summed E-state index contributed by atoms with van der Waals surface area (Å²) in [5.41, 5.74) is 9.59. The highest BCUT2D eigenvalue weighted by molar-refractivity contribution is 7.89. The predicted octanol–water partition coefficient (Wildman–Crippen LogP) is 5.60. The van der Waals surface area contributed by atoms with Crippen molar-refractivity contribution in [3.05, 3.63) is 88.6 Å². The van der Waals surface area contributed by atoms with Crippen molar-refractivity contribution in [3.8, 4) is 11.1 Å². The van der Waals surface area contributed by atoms with Gasteiger partial charge >= 0.3 is 0 Å². The SMILES string of the molecule is Cc1ccc(S(=O)(=O)NCCc2cn(C)c3ccc(-c4c(C)cc(C)cc4C)cc23)cc1. The summed E-state index contributed by atoms with van der Waals surface area (Å²) in [5, 5.41) is 1.17. The fraction of sp³-hybridized carbons (Fsp3) is 0.259. The summed E-state index contributed by atoms with van der Waals surface area (Å²) >= 11 is 0. The number of hydrogen-bond donors (Lipinski definition) is 1. The second-order valence-corrected chi connectivity index (χ2v) is 10.5. The highest BCUT2D eigenvalue weighted by Gasteiger charge is 2.15. The summed E-state index contributed by atoms with van der Waals surface area (Å²) < 4.78 is 30.1. The van der Waals surface area contributed by atoms with Gasteiger partial charge in [-0.2, -0.15) is 0 Å². The predicted molar refractivity (Wildman–Crippen MR) is 133 cm³/mol. The molecule has 3 aromatic carbocycles. The van der Waals surface area contributed by atoms with E-state index >= 15 is 0 Å². The lowest BCUT2D eigenvalue weighted by Gasteiger charge is -2.12. The molecule has 4 nitrogen and oxygen atoms in total. The molecule has 166 valence electrons. The molecule has 4 aromatic rings. The Bertz CT molecular complexity index is 1370. The molecule has 0 aliphatic carbocycles. The Morgan fingerprint density at radius 1 is 0.844 bits per heavy atom. The summed E-state index contributed by atoms with van der Waals surface area (Å²) in [5.74, 6) is 0. The van der Waals surface area contributed by atoms with Gasteiger partial charge in [-0.15, -0.1) is 0 Å². The van der Waals surface area contributed by atoms with Crippen molar-refractivity contribution in [3.63, 3.8) is 0 Å². The second-order valence-electron chi connectivity index (χ2n) is 8.73. The van der Waals surface area contributed by atoms with Crippen LogP contribution >= 0.6 is 0 Å². The molecule has 4 rings (SSSR count). The van der Waals surface area contributed by atoms with E-state index in [1.807, 2.05) is 26.1 Å². The van der Waals surface area contributed by atoms with Crippen LogP contribution < -0.4 is 4.72 Å². The Morgan fingerprint density at radius 3 is 2.16 bits per heavy atom. The van der Waals surface area contributed by atoms with Crippen LogP contribution in [0.4, 0.5) is 0 Å². The maximum atomic E-state index is 12.6. The smallest absolute Gasteiger partial charge is 0.240 e. The van der Waals surface area contributed by atoms with Gasteiger partial charge in [-0.05, 0) is 86.2 Å². The lowest BCUT2D eigenvalue weighted by molar-refractivity contribution is 0.581. The highest BCUT2D eigenvalue weighted by atomic mass is 32.2. The normalized spacial score (nSPS) is 11.9. The van der Waals surface area contributed by atoms with E-state index in [-0.39, 0.29) is 0 Å². The molecule has 0 atom stereocenters. The van der Waals surface area contributed by atoms with E-state index in [4.69, 9.17) is 0 Å². The molecule has 0 saturated heterocycles. The topological polar surface area (TPSA) is 51.1 Å². The second kappa shape index (κ2) is 8.57. The molecule has 0 fully saturated rings. The lowest BCUT2D eigenvalue weighted by atomic mass is 9.93. The average molecular weight is 447 g/mol. The van der Waals surface area contributed by atoms with Gasteiger partial charge in [-0.1, -0.05) is 41.5 Å². The van der Waals surface area contributed by atoms with Crippen molar-refractivity contribution in [2.45, 2.75) is 39.0 Å². The maximum absolute atomic E-state index is 12.6. The number of hydrogen-bond acceptors (Lipinski definition) is 2. The van der Waals surface area contributed by atoms with Crippen LogP contribution in [0.25, 0.3) is 22.0 Å². The molecular formula is C27H30N2O2S. The van der Waals surface area contributed by atoms with Crippen LogP contribution in [-0.4, -0.2) is 19.5 Å². The first kappa shape index (κ1) is 22.3. The van der Waals surface area contributed by atoms with Crippen molar-refractivity contribution < 1.29 is 8.42 Å². The van der Waals surface area contributed by atoms with Crippen LogP contribution in [0.15, 0.2) is 65.7 Å². The Morgan fingerprint density at radius 2 is 1.50 bits per heavy atom. The first-order valence-electron chi connectivity index (χ1n) is 10.9. The molecule has 32 heavy (non-hydrogen) atoms. The molecule has 0 radical (unpaired) electrons. The maximum Gasteiger partial charge on any atom is 0.240 e. The van der Waals surface area contributed by atoms with Crippen LogP contribution in [0.2, 0.25) is 0 Å². The van der Waals surface area contributed by atoms with E-state index in [0.717, 1.165) is 16.6 Å². The summed E-state index contributed by atoms with van der Waals surface area (Å²) in [6.45, 7) is 8.73. The van der Waals surface area contributed by atoms with Gasteiger partial charge in [0.05, 0.1) is 4.90 Å². The molecule has 0 bridgehead atoms. The summed E-state index contributed by atoms with van der Waals surface area (Å²) in [6, 6.07) is 17.9. The number of nitrogens with zero attached hydrogens (tertiary/aromatic N) is 1. The molecule has 0 aliphatic heterocycles. The van der Waals surface area contributed by atoms with Gasteiger partial charge in [0.15, 0.2) is 0 Å². The van der Waals surface area contributed by atoms with E-state index < -0.39 is 10.0 Å². The summed E-state index contributed by atoms with van der Waals surface area (Å²) in [6.07, 6.45) is 2.72. The summed E-state index contributed by atoms with van der Waals surface area (Å²) in [4.78, 5) is 0.300. The van der Waals surface area contributed by atoms with Crippen molar-refractivity contribution in [1.29, 1.82) is 0 Å². The number of aromatic nitrogens is 1. The minimum atomic E-state index is -3.52. The number of sulfonamides is 1. The number of rotatable bonds is 6. The fourth-order valence-corrected chi connectivity index (χ4v) is 5.62. The average Bonchev–Trinajstić information content (AvgIpc) is 3.02. The Labute approximate surface area is 191 Å². The van der Waals surface area contributed by atoms with Gasteiger partial charge in [0.2, 0.25) is 10.0 Å². The number of fused-ring (bicyclic) bond motifs is 1. The van der Waals surface area contributed by atoms with Gasteiger partial charge in [0.25, 0.3) is 0 Å². The fourth-order valence-electron chi connectivity index (χ4n) is 4.58. The van der Waals surface area contributed by atoms with Gasteiger partial charge in [0, 0.05) is 30.7 Å². The third-order valence-corrected chi connectivity index (χ3v) is 7.53. The van der Waals surface area contributed by atoms with Crippen LogP contribution in [0.3, 0.4) is 0 Å². The standard InChI is InChI=1S/C27H30N2O2S/c1-18-6-9-24(10-7-18)32(30,31)28-13-12-23-17-29(5)26-11-8-22(16-25(23)26)27-20(3)14-19(2)15-21(27)4/h6-11,14-17,28H,12-13H2,1-5H3. The van der Waals surface area contributed by atoms with E-state index in [1.54, 1.807) is 12.1 Å². The molecule has 1 N–H and O–H groups in total. The quantitative estimate of drug-likeness (QED) is 0.419. The third-order valence-electron chi connectivity index (χ3n) is 6.06. The molecular weight excluding hydrogens is 416 g/mol. The van der Waals surface area contributed by atoms with Crippen molar-refractivity contribution in [2.75, 3.05) is 6.54 Å². The molecule has 5 heteroatoms. The van der Waals surface area contributed by atoms with E-state index in [1.165, 1.54) is 33.2 Å². The number of benzene rings is 3. The summed E-state index contributed by atoms with van der Waals surface area (Å²) in [7, 11) is -1.48. The molecule has 0 unspecified atom stereocenters. The molecule has 1 heterocycles. The number of aryl methyl sites for hydroxylation is 5. The van der Waals surface area contributed by atoms with Crippen molar-refractivity contribution >= 4 is 20.9 Å². The Kier molecular flexibility index (Phi) is 5.97. The zero-order valence-electron chi connectivity index (χ0n) is 19.4. The molecule has 0 saturated carbocycles. The Balaban J connectivity index is 1.61. The van der Waals surface area contributed by atoms with Crippen molar-refractivity contribution in [1.82, 2.24) is 9.29 Å². The number of nitrogens with one attached hydrogen (secondary N) is 1. The third kappa shape index (κ3) is 4.36. The van der Waals surface area contributed by atoms with E-state index in [2.05, 4.69) is 66.6 Å². The van der Waals surface area contributed by atoms with Crippen LogP contribution in [0.5, 0.6) is 0 Å². The zero-order valence-corrected chi connectivity index (χ0v) is 20.2. The van der Waals surface area contributed by atoms with Crippen LogP contribution in [0, 0.1) is 27.7 Å². The molecule has 0 amide bonds. The minimum Gasteiger partial charge on any atom is -0.350 e. The monoisotopic (exact) mass is 446 g/mol.